The molecule has 0 spiro atoms. The van der Waals surface area contributed by atoms with Crippen LogP contribution in [-0.2, 0) is 5.75 Å². The molecule has 4 rings (SSSR count). The molecule has 8 heteroatoms. The van der Waals surface area contributed by atoms with Crippen molar-refractivity contribution in [2.24, 2.45) is 0 Å². The summed E-state index contributed by atoms with van der Waals surface area (Å²) in [6, 6.07) is 12.6. The van der Waals surface area contributed by atoms with E-state index < -0.39 is 0 Å². The zero-order chi connectivity index (χ0) is 20.2. The van der Waals surface area contributed by atoms with Gasteiger partial charge in [-0.1, -0.05) is 11.8 Å². The monoisotopic (exact) mass is 406 g/mol. The number of aromatic amines is 1. The van der Waals surface area contributed by atoms with E-state index in [1.165, 1.54) is 17.8 Å². The van der Waals surface area contributed by atoms with Gasteiger partial charge in [-0.25, -0.2) is 9.97 Å². The van der Waals surface area contributed by atoms with Gasteiger partial charge in [-0.2, -0.15) is 0 Å². The lowest BCUT2D eigenvalue weighted by Crippen LogP contribution is -2.08. The lowest BCUT2D eigenvalue weighted by atomic mass is 10.2. The van der Waals surface area contributed by atoms with Crippen LogP contribution in [0.5, 0.6) is 5.75 Å². The van der Waals surface area contributed by atoms with Crippen molar-refractivity contribution < 1.29 is 9.15 Å². The molecular formula is C21H18N4O3S. The summed E-state index contributed by atoms with van der Waals surface area (Å²) in [6.07, 6.45) is 3.34. The standard InChI is InChI=1S/C21H18N4O3S/c1-13-18(23-20(28-13)15-3-5-16(27-2)6-4-15)12-29-21-24-17(11-19(26)25-21)14-7-9-22-10-8-14/h3-11H,12H2,1-2H3,(H,24,25,26). The molecule has 0 saturated carbocycles. The van der Waals surface area contributed by atoms with Crippen molar-refractivity contribution in [2.75, 3.05) is 7.11 Å². The molecule has 1 N–H and O–H groups in total. The number of rotatable bonds is 6. The molecule has 0 atom stereocenters. The number of nitrogens with one attached hydrogen (secondary N) is 1. The van der Waals surface area contributed by atoms with E-state index >= 15 is 0 Å². The van der Waals surface area contributed by atoms with Crippen LogP contribution in [0.25, 0.3) is 22.7 Å². The maximum Gasteiger partial charge on any atom is 0.252 e. The number of aromatic nitrogens is 4. The van der Waals surface area contributed by atoms with E-state index in [0.717, 1.165) is 28.3 Å². The lowest BCUT2D eigenvalue weighted by molar-refractivity contribution is 0.415. The molecule has 4 aromatic rings. The van der Waals surface area contributed by atoms with Gasteiger partial charge in [-0.15, -0.1) is 0 Å². The largest absolute Gasteiger partial charge is 0.497 e. The first-order valence-corrected chi connectivity index (χ1v) is 9.86. The molecule has 1 aromatic carbocycles. The molecule has 3 aromatic heterocycles. The molecule has 146 valence electrons. The van der Waals surface area contributed by atoms with Crippen molar-refractivity contribution in [3.63, 3.8) is 0 Å². The molecule has 0 aliphatic rings. The smallest absolute Gasteiger partial charge is 0.252 e. The van der Waals surface area contributed by atoms with Crippen molar-refractivity contribution in [3.8, 4) is 28.5 Å². The highest BCUT2D eigenvalue weighted by Gasteiger charge is 2.13. The van der Waals surface area contributed by atoms with Crippen LogP contribution in [0.1, 0.15) is 11.5 Å². The van der Waals surface area contributed by atoms with Gasteiger partial charge in [0.05, 0.1) is 18.5 Å². The van der Waals surface area contributed by atoms with E-state index in [1.54, 1.807) is 19.5 Å². The number of oxazole rings is 1. The molecular weight excluding hydrogens is 388 g/mol. The Morgan fingerprint density at radius 1 is 1.07 bits per heavy atom. The van der Waals surface area contributed by atoms with Crippen LogP contribution in [0.2, 0.25) is 0 Å². The molecule has 7 nitrogen and oxygen atoms in total. The fraction of sp³-hybridized carbons (Fsp3) is 0.143. The van der Waals surface area contributed by atoms with E-state index in [-0.39, 0.29) is 5.56 Å². The highest BCUT2D eigenvalue weighted by molar-refractivity contribution is 7.98. The van der Waals surface area contributed by atoms with Crippen molar-refractivity contribution in [1.29, 1.82) is 0 Å². The minimum absolute atomic E-state index is 0.204. The minimum atomic E-state index is -0.204. The first kappa shape index (κ1) is 18.9. The highest BCUT2D eigenvalue weighted by atomic mass is 32.2. The SMILES string of the molecule is COc1ccc(-c2nc(CSc3nc(-c4ccncc4)cc(=O)[nH]3)c(C)o2)cc1. The quantitative estimate of drug-likeness (QED) is 0.381. The summed E-state index contributed by atoms with van der Waals surface area (Å²) < 4.78 is 11.0. The first-order valence-electron chi connectivity index (χ1n) is 8.87. The topological polar surface area (TPSA) is 93.9 Å². The number of pyridine rings is 1. The summed E-state index contributed by atoms with van der Waals surface area (Å²) in [6.45, 7) is 1.87. The van der Waals surface area contributed by atoms with E-state index in [0.29, 0.717) is 22.5 Å². The van der Waals surface area contributed by atoms with Gasteiger partial charge in [0, 0.05) is 35.3 Å². The molecule has 0 amide bonds. The zero-order valence-electron chi connectivity index (χ0n) is 15.9. The molecule has 0 bridgehead atoms. The average molecular weight is 406 g/mol. The van der Waals surface area contributed by atoms with E-state index in [1.807, 2.05) is 43.3 Å². The van der Waals surface area contributed by atoms with Crippen LogP contribution < -0.4 is 10.3 Å². The number of hydrogen-bond donors (Lipinski definition) is 1. The molecule has 29 heavy (non-hydrogen) atoms. The predicted octanol–water partition coefficient (Wildman–Crippen LogP) is 4.10. The van der Waals surface area contributed by atoms with E-state index in [9.17, 15) is 4.79 Å². The van der Waals surface area contributed by atoms with Crippen molar-refractivity contribution in [1.82, 2.24) is 19.9 Å². The summed E-state index contributed by atoms with van der Waals surface area (Å²) >= 11 is 1.40. The second-order valence-electron chi connectivity index (χ2n) is 6.21. The third-order valence-electron chi connectivity index (χ3n) is 4.27. The number of methoxy groups -OCH3 is 1. The Kier molecular flexibility index (Phi) is 5.44. The maximum absolute atomic E-state index is 12.0. The number of ether oxygens (including phenoxy) is 1. The molecule has 0 saturated heterocycles. The second kappa shape index (κ2) is 8.32. The summed E-state index contributed by atoms with van der Waals surface area (Å²) in [5, 5.41) is 0.526. The average Bonchev–Trinajstić information content (AvgIpc) is 3.13. The van der Waals surface area contributed by atoms with Gasteiger partial charge in [-0.3, -0.25) is 9.78 Å². The molecule has 0 aliphatic heterocycles. The van der Waals surface area contributed by atoms with Crippen LogP contribution in [0, 0.1) is 6.92 Å². The molecule has 0 radical (unpaired) electrons. The highest BCUT2D eigenvalue weighted by Crippen LogP contribution is 2.27. The third kappa shape index (κ3) is 4.38. The van der Waals surface area contributed by atoms with Gasteiger partial charge in [-0.05, 0) is 43.3 Å². The number of benzene rings is 1. The normalized spacial score (nSPS) is 10.8. The van der Waals surface area contributed by atoms with Crippen LogP contribution >= 0.6 is 11.8 Å². The van der Waals surface area contributed by atoms with Gasteiger partial charge >= 0.3 is 0 Å². The van der Waals surface area contributed by atoms with Crippen LogP contribution in [-0.4, -0.2) is 27.0 Å². The zero-order valence-corrected chi connectivity index (χ0v) is 16.7. The van der Waals surface area contributed by atoms with Crippen LogP contribution in [0.15, 0.2) is 69.2 Å². The Morgan fingerprint density at radius 2 is 1.83 bits per heavy atom. The fourth-order valence-corrected chi connectivity index (χ4v) is 3.61. The van der Waals surface area contributed by atoms with Gasteiger partial charge < -0.3 is 14.1 Å². The van der Waals surface area contributed by atoms with Crippen molar-refractivity contribution >= 4 is 11.8 Å². The summed E-state index contributed by atoms with van der Waals surface area (Å²) in [4.78, 5) is 27.9. The van der Waals surface area contributed by atoms with Gasteiger partial charge in [0.25, 0.3) is 5.56 Å². The maximum atomic E-state index is 12.0. The van der Waals surface area contributed by atoms with Crippen LogP contribution in [0.3, 0.4) is 0 Å². The van der Waals surface area contributed by atoms with E-state index in [4.69, 9.17) is 9.15 Å². The Hall–Kier alpha value is -3.39. The second-order valence-corrected chi connectivity index (χ2v) is 7.17. The Morgan fingerprint density at radius 3 is 2.55 bits per heavy atom. The molecule has 0 unspecified atom stereocenters. The van der Waals surface area contributed by atoms with Crippen LogP contribution in [0.4, 0.5) is 0 Å². The molecule has 0 aliphatic carbocycles. The Labute approximate surface area is 171 Å². The summed E-state index contributed by atoms with van der Waals surface area (Å²) in [7, 11) is 1.63. The Balaban J connectivity index is 1.53. The number of nitrogens with zero attached hydrogens (tertiary/aromatic N) is 3. The van der Waals surface area contributed by atoms with E-state index in [2.05, 4.69) is 19.9 Å². The molecule has 0 fully saturated rings. The molecule has 3 heterocycles. The number of aryl methyl sites for hydroxylation is 1. The number of H-pyrrole nitrogens is 1. The van der Waals surface area contributed by atoms with Crippen molar-refractivity contribution in [3.05, 3.63) is 76.7 Å². The van der Waals surface area contributed by atoms with Gasteiger partial charge in [0.15, 0.2) is 5.16 Å². The number of thioether (sulfide) groups is 1. The summed E-state index contributed by atoms with van der Waals surface area (Å²) in [5.41, 5.74) is 2.92. The summed E-state index contributed by atoms with van der Waals surface area (Å²) in [5.74, 6) is 2.58. The predicted molar refractivity (Wildman–Crippen MR) is 111 cm³/mol. The fourth-order valence-electron chi connectivity index (χ4n) is 2.73. The number of hydrogen-bond acceptors (Lipinski definition) is 7. The van der Waals surface area contributed by atoms with Gasteiger partial charge in [0.1, 0.15) is 11.5 Å². The first-order chi connectivity index (χ1) is 14.1. The third-order valence-corrected chi connectivity index (χ3v) is 5.16. The minimum Gasteiger partial charge on any atom is -0.497 e. The van der Waals surface area contributed by atoms with Crippen molar-refractivity contribution in [2.45, 2.75) is 17.8 Å². The van der Waals surface area contributed by atoms with Gasteiger partial charge in [0.2, 0.25) is 5.89 Å². The Bertz CT molecular complexity index is 1170. The lowest BCUT2D eigenvalue weighted by Gasteiger charge is -2.03.